The summed E-state index contributed by atoms with van der Waals surface area (Å²) in [6, 6.07) is 4.21. The van der Waals surface area contributed by atoms with Crippen molar-refractivity contribution in [2.45, 2.75) is 18.8 Å². The summed E-state index contributed by atoms with van der Waals surface area (Å²) in [6.07, 6.45) is 6.65. The minimum atomic E-state index is 0.706. The Bertz CT molecular complexity index is 468. The topological polar surface area (TPSA) is 29.3 Å². The third kappa shape index (κ3) is 1.09. The SMILES string of the molecule is CNc1ccn2c(C3CC3)ncc2c1. The molecule has 1 aliphatic rings. The number of nitrogens with zero attached hydrogens (tertiary/aromatic N) is 2. The molecular formula is C11H13N3. The van der Waals surface area contributed by atoms with E-state index in [1.54, 1.807) is 0 Å². The number of fused-ring (bicyclic) bond motifs is 1. The maximum atomic E-state index is 4.47. The molecule has 0 spiro atoms. The first-order valence-corrected chi connectivity index (χ1v) is 5.03. The van der Waals surface area contributed by atoms with Crippen molar-refractivity contribution in [1.29, 1.82) is 0 Å². The van der Waals surface area contributed by atoms with Gasteiger partial charge in [0, 0.05) is 24.8 Å². The molecule has 1 aliphatic carbocycles. The highest BCUT2D eigenvalue weighted by molar-refractivity contribution is 5.58. The van der Waals surface area contributed by atoms with Gasteiger partial charge in [0.05, 0.1) is 11.7 Å². The van der Waals surface area contributed by atoms with Crippen LogP contribution in [-0.2, 0) is 0 Å². The molecule has 2 heterocycles. The van der Waals surface area contributed by atoms with Crippen LogP contribution in [-0.4, -0.2) is 16.4 Å². The fraction of sp³-hybridized carbons (Fsp3) is 0.364. The molecule has 72 valence electrons. The number of hydrogen-bond donors (Lipinski definition) is 1. The molecule has 1 N–H and O–H groups in total. The first-order chi connectivity index (χ1) is 6.88. The molecule has 0 bridgehead atoms. The predicted octanol–water partition coefficient (Wildman–Crippen LogP) is 2.25. The van der Waals surface area contributed by atoms with E-state index >= 15 is 0 Å². The zero-order chi connectivity index (χ0) is 9.54. The molecule has 3 rings (SSSR count). The monoisotopic (exact) mass is 187 g/mol. The van der Waals surface area contributed by atoms with Gasteiger partial charge in [-0.3, -0.25) is 0 Å². The Hall–Kier alpha value is -1.51. The third-order valence-corrected chi connectivity index (χ3v) is 2.79. The second-order valence-electron chi connectivity index (χ2n) is 3.85. The van der Waals surface area contributed by atoms with Crippen LogP contribution in [0.3, 0.4) is 0 Å². The van der Waals surface area contributed by atoms with Gasteiger partial charge in [-0.25, -0.2) is 4.98 Å². The van der Waals surface area contributed by atoms with E-state index in [0.717, 1.165) is 5.69 Å². The van der Waals surface area contributed by atoms with Gasteiger partial charge in [0.1, 0.15) is 5.82 Å². The second kappa shape index (κ2) is 2.74. The van der Waals surface area contributed by atoms with E-state index in [2.05, 4.69) is 33.0 Å². The first-order valence-electron chi connectivity index (χ1n) is 5.03. The summed E-state index contributed by atoms with van der Waals surface area (Å²) in [5.74, 6) is 1.93. The fourth-order valence-electron chi connectivity index (χ4n) is 1.82. The van der Waals surface area contributed by atoms with Crippen LogP contribution in [0.1, 0.15) is 24.6 Å². The molecule has 0 saturated heterocycles. The van der Waals surface area contributed by atoms with Gasteiger partial charge in [0.15, 0.2) is 0 Å². The number of imidazole rings is 1. The minimum absolute atomic E-state index is 0.706. The molecule has 14 heavy (non-hydrogen) atoms. The summed E-state index contributed by atoms with van der Waals surface area (Å²) in [6.45, 7) is 0. The molecular weight excluding hydrogens is 174 g/mol. The van der Waals surface area contributed by atoms with Gasteiger partial charge in [0.25, 0.3) is 0 Å². The largest absolute Gasteiger partial charge is 0.388 e. The van der Waals surface area contributed by atoms with Crippen molar-refractivity contribution in [1.82, 2.24) is 9.38 Å². The van der Waals surface area contributed by atoms with Crippen LogP contribution < -0.4 is 5.32 Å². The Kier molecular flexibility index (Phi) is 1.54. The standard InChI is InChI=1S/C11H13N3/c1-12-9-4-5-14-10(6-9)7-13-11(14)8-2-3-8/h4-8,12H,2-3H2,1H3. The summed E-state index contributed by atoms with van der Waals surface area (Å²) < 4.78 is 2.19. The zero-order valence-corrected chi connectivity index (χ0v) is 8.20. The van der Waals surface area contributed by atoms with Crippen molar-refractivity contribution in [2.24, 2.45) is 0 Å². The van der Waals surface area contributed by atoms with Crippen LogP contribution in [0.15, 0.2) is 24.5 Å². The highest BCUT2D eigenvalue weighted by Crippen LogP contribution is 2.39. The molecule has 3 nitrogen and oxygen atoms in total. The van der Waals surface area contributed by atoms with Crippen molar-refractivity contribution >= 4 is 11.2 Å². The number of anilines is 1. The normalized spacial score (nSPS) is 16.1. The van der Waals surface area contributed by atoms with Gasteiger partial charge < -0.3 is 9.72 Å². The molecule has 0 radical (unpaired) electrons. The van der Waals surface area contributed by atoms with Gasteiger partial charge in [-0.15, -0.1) is 0 Å². The van der Waals surface area contributed by atoms with Crippen molar-refractivity contribution < 1.29 is 0 Å². The van der Waals surface area contributed by atoms with Crippen molar-refractivity contribution in [3.8, 4) is 0 Å². The quantitative estimate of drug-likeness (QED) is 0.781. The smallest absolute Gasteiger partial charge is 0.116 e. The van der Waals surface area contributed by atoms with E-state index in [4.69, 9.17) is 0 Å². The van der Waals surface area contributed by atoms with Gasteiger partial charge in [-0.1, -0.05) is 0 Å². The number of nitrogens with one attached hydrogen (secondary N) is 1. The lowest BCUT2D eigenvalue weighted by molar-refractivity contribution is 0.921. The molecule has 0 amide bonds. The zero-order valence-electron chi connectivity index (χ0n) is 8.20. The minimum Gasteiger partial charge on any atom is -0.388 e. The number of aromatic nitrogens is 2. The van der Waals surface area contributed by atoms with Crippen molar-refractivity contribution in [3.63, 3.8) is 0 Å². The highest BCUT2D eigenvalue weighted by Gasteiger charge is 2.27. The van der Waals surface area contributed by atoms with Gasteiger partial charge in [-0.2, -0.15) is 0 Å². The van der Waals surface area contributed by atoms with Gasteiger partial charge in [-0.05, 0) is 25.0 Å². The Balaban J connectivity index is 2.17. The van der Waals surface area contributed by atoms with E-state index in [1.165, 1.54) is 24.2 Å². The lowest BCUT2D eigenvalue weighted by atomic mass is 10.3. The van der Waals surface area contributed by atoms with E-state index in [9.17, 15) is 0 Å². The molecule has 3 heteroatoms. The molecule has 2 aromatic rings. The lowest BCUT2D eigenvalue weighted by Crippen LogP contribution is -1.93. The van der Waals surface area contributed by atoms with Crippen LogP contribution in [0.5, 0.6) is 0 Å². The molecule has 0 atom stereocenters. The molecule has 1 fully saturated rings. The Morgan fingerprint density at radius 3 is 3.07 bits per heavy atom. The van der Waals surface area contributed by atoms with E-state index in [0.29, 0.717) is 5.92 Å². The Morgan fingerprint density at radius 1 is 1.50 bits per heavy atom. The first kappa shape index (κ1) is 7.85. The third-order valence-electron chi connectivity index (χ3n) is 2.79. The average Bonchev–Trinajstić information content (AvgIpc) is 2.98. The summed E-state index contributed by atoms with van der Waals surface area (Å²) in [7, 11) is 1.93. The summed E-state index contributed by atoms with van der Waals surface area (Å²) >= 11 is 0. The number of hydrogen-bond acceptors (Lipinski definition) is 2. The Morgan fingerprint density at radius 2 is 2.36 bits per heavy atom. The van der Waals surface area contributed by atoms with Gasteiger partial charge >= 0.3 is 0 Å². The summed E-state index contributed by atoms with van der Waals surface area (Å²) in [5, 5.41) is 3.13. The second-order valence-corrected chi connectivity index (χ2v) is 3.85. The molecule has 2 aromatic heterocycles. The fourth-order valence-corrected chi connectivity index (χ4v) is 1.82. The van der Waals surface area contributed by atoms with Crippen molar-refractivity contribution in [2.75, 3.05) is 12.4 Å². The average molecular weight is 187 g/mol. The maximum Gasteiger partial charge on any atom is 0.116 e. The van der Waals surface area contributed by atoms with Crippen LogP contribution in [0.2, 0.25) is 0 Å². The molecule has 1 saturated carbocycles. The maximum absolute atomic E-state index is 4.47. The van der Waals surface area contributed by atoms with E-state index < -0.39 is 0 Å². The number of rotatable bonds is 2. The highest BCUT2D eigenvalue weighted by atomic mass is 15.0. The van der Waals surface area contributed by atoms with Crippen LogP contribution in [0.4, 0.5) is 5.69 Å². The molecule has 0 unspecified atom stereocenters. The van der Waals surface area contributed by atoms with E-state index in [1.807, 2.05) is 13.2 Å². The number of pyridine rings is 1. The lowest BCUT2D eigenvalue weighted by Gasteiger charge is -2.02. The predicted molar refractivity (Wildman–Crippen MR) is 56.7 cm³/mol. The molecule has 0 aliphatic heterocycles. The van der Waals surface area contributed by atoms with Crippen LogP contribution in [0.25, 0.3) is 5.52 Å². The van der Waals surface area contributed by atoms with E-state index in [-0.39, 0.29) is 0 Å². The van der Waals surface area contributed by atoms with Crippen molar-refractivity contribution in [3.05, 3.63) is 30.4 Å². The summed E-state index contributed by atoms with van der Waals surface area (Å²) in [4.78, 5) is 4.47. The van der Waals surface area contributed by atoms with Crippen LogP contribution >= 0.6 is 0 Å². The molecule has 0 aromatic carbocycles. The summed E-state index contributed by atoms with van der Waals surface area (Å²) in [5.41, 5.74) is 2.32. The van der Waals surface area contributed by atoms with Gasteiger partial charge in [0.2, 0.25) is 0 Å². The Labute approximate surface area is 82.8 Å². The van der Waals surface area contributed by atoms with Crippen LogP contribution in [0, 0.1) is 0 Å².